The third-order valence-electron chi connectivity index (χ3n) is 4.95. The van der Waals surface area contributed by atoms with Gasteiger partial charge in [-0.2, -0.15) is 0 Å². The van der Waals surface area contributed by atoms with Gasteiger partial charge in [-0.05, 0) is 54.7 Å². The van der Waals surface area contributed by atoms with Gasteiger partial charge in [0, 0.05) is 24.3 Å². The second-order valence-electron chi connectivity index (χ2n) is 6.91. The molecule has 2 amide bonds. The summed E-state index contributed by atoms with van der Waals surface area (Å²) in [7, 11) is 0. The van der Waals surface area contributed by atoms with Gasteiger partial charge in [0.1, 0.15) is 0 Å². The largest absolute Gasteiger partial charge is 0.459 e. The standard InChI is InChI=1S/C23H22N2O3/c26-22(13-10-17-6-2-1-3-7-17)24-19-12-11-18-8-4-14-25(20(18)16-19)23(27)21-9-5-15-28-21/h1-3,5-7,9,11-12,15-16H,4,8,10,13-14H2,(H,24,26). The van der Waals surface area contributed by atoms with Crippen LogP contribution in [0.25, 0.3) is 0 Å². The Morgan fingerprint density at radius 2 is 1.89 bits per heavy atom. The molecule has 0 aliphatic carbocycles. The van der Waals surface area contributed by atoms with Gasteiger partial charge >= 0.3 is 0 Å². The molecule has 0 bridgehead atoms. The Hall–Kier alpha value is -3.34. The molecule has 28 heavy (non-hydrogen) atoms. The number of nitrogens with one attached hydrogen (secondary N) is 1. The van der Waals surface area contributed by atoms with Gasteiger partial charge < -0.3 is 14.6 Å². The number of anilines is 2. The van der Waals surface area contributed by atoms with Gasteiger partial charge in [0.15, 0.2) is 5.76 Å². The number of rotatable bonds is 5. The highest BCUT2D eigenvalue weighted by Gasteiger charge is 2.25. The highest BCUT2D eigenvalue weighted by atomic mass is 16.3. The molecule has 0 radical (unpaired) electrons. The molecule has 1 N–H and O–H groups in total. The minimum Gasteiger partial charge on any atom is -0.459 e. The molecule has 0 unspecified atom stereocenters. The van der Waals surface area contributed by atoms with E-state index in [0.29, 0.717) is 30.8 Å². The molecule has 5 heteroatoms. The molecule has 1 aliphatic rings. The summed E-state index contributed by atoms with van der Waals surface area (Å²) in [6.45, 7) is 0.637. The molecule has 0 atom stereocenters. The van der Waals surface area contributed by atoms with Crippen LogP contribution in [0, 0.1) is 0 Å². The van der Waals surface area contributed by atoms with Gasteiger partial charge in [0.2, 0.25) is 5.91 Å². The van der Waals surface area contributed by atoms with E-state index in [0.717, 1.165) is 29.7 Å². The molecule has 142 valence electrons. The van der Waals surface area contributed by atoms with Crippen LogP contribution in [0.1, 0.15) is 34.5 Å². The summed E-state index contributed by atoms with van der Waals surface area (Å²) in [6.07, 6.45) is 4.43. The van der Waals surface area contributed by atoms with Gasteiger partial charge in [0.25, 0.3) is 5.91 Å². The summed E-state index contributed by atoms with van der Waals surface area (Å²) in [5.74, 6) is 0.132. The van der Waals surface area contributed by atoms with Crippen molar-refractivity contribution >= 4 is 23.2 Å². The Kier molecular flexibility index (Phi) is 5.24. The first-order chi connectivity index (χ1) is 13.7. The maximum Gasteiger partial charge on any atom is 0.293 e. The summed E-state index contributed by atoms with van der Waals surface area (Å²) in [5.41, 5.74) is 3.79. The lowest BCUT2D eigenvalue weighted by atomic mass is 10.0. The van der Waals surface area contributed by atoms with Crippen molar-refractivity contribution in [2.75, 3.05) is 16.8 Å². The van der Waals surface area contributed by atoms with Crippen molar-refractivity contribution in [3.8, 4) is 0 Å². The number of nitrogens with zero attached hydrogens (tertiary/aromatic N) is 1. The number of carbonyl (C=O) groups is 2. The van der Waals surface area contributed by atoms with E-state index in [-0.39, 0.29) is 11.8 Å². The van der Waals surface area contributed by atoms with E-state index >= 15 is 0 Å². The van der Waals surface area contributed by atoms with Crippen molar-refractivity contribution in [2.24, 2.45) is 0 Å². The normalized spacial score (nSPS) is 13.1. The highest BCUT2D eigenvalue weighted by Crippen LogP contribution is 2.31. The van der Waals surface area contributed by atoms with Crippen LogP contribution in [0.4, 0.5) is 11.4 Å². The first-order valence-electron chi connectivity index (χ1n) is 9.53. The van der Waals surface area contributed by atoms with E-state index in [1.165, 1.54) is 6.26 Å². The van der Waals surface area contributed by atoms with Gasteiger partial charge in [-0.3, -0.25) is 9.59 Å². The second-order valence-corrected chi connectivity index (χ2v) is 6.91. The fourth-order valence-electron chi connectivity index (χ4n) is 3.52. The Labute approximate surface area is 164 Å². The minimum absolute atomic E-state index is 0.0384. The third kappa shape index (κ3) is 3.98. The fourth-order valence-corrected chi connectivity index (χ4v) is 3.52. The molecule has 0 saturated carbocycles. The molecule has 0 spiro atoms. The average molecular weight is 374 g/mol. The molecule has 2 aromatic carbocycles. The number of furan rings is 1. The third-order valence-corrected chi connectivity index (χ3v) is 4.95. The monoisotopic (exact) mass is 374 g/mol. The van der Waals surface area contributed by atoms with Crippen molar-refractivity contribution in [3.63, 3.8) is 0 Å². The van der Waals surface area contributed by atoms with Crippen LogP contribution in [0.2, 0.25) is 0 Å². The number of fused-ring (bicyclic) bond motifs is 1. The summed E-state index contributed by atoms with van der Waals surface area (Å²) >= 11 is 0. The molecular weight excluding hydrogens is 352 g/mol. The first-order valence-corrected chi connectivity index (χ1v) is 9.53. The molecule has 2 heterocycles. The van der Waals surface area contributed by atoms with Crippen molar-refractivity contribution in [1.82, 2.24) is 0 Å². The molecular formula is C23H22N2O3. The van der Waals surface area contributed by atoms with E-state index in [4.69, 9.17) is 4.42 Å². The van der Waals surface area contributed by atoms with E-state index in [1.54, 1.807) is 17.0 Å². The Balaban J connectivity index is 1.47. The summed E-state index contributed by atoms with van der Waals surface area (Å²) in [5, 5.41) is 2.96. The van der Waals surface area contributed by atoms with Crippen molar-refractivity contribution in [3.05, 3.63) is 83.8 Å². The smallest absolute Gasteiger partial charge is 0.293 e. The van der Waals surface area contributed by atoms with Gasteiger partial charge in [-0.1, -0.05) is 36.4 Å². The maximum atomic E-state index is 12.8. The van der Waals surface area contributed by atoms with Crippen molar-refractivity contribution in [2.45, 2.75) is 25.7 Å². The number of hydrogen-bond acceptors (Lipinski definition) is 3. The highest BCUT2D eigenvalue weighted by molar-refractivity contribution is 6.05. The van der Waals surface area contributed by atoms with Crippen LogP contribution in [-0.2, 0) is 17.6 Å². The van der Waals surface area contributed by atoms with Crippen LogP contribution in [-0.4, -0.2) is 18.4 Å². The number of carbonyl (C=O) groups excluding carboxylic acids is 2. The lowest BCUT2D eigenvalue weighted by molar-refractivity contribution is -0.116. The topological polar surface area (TPSA) is 62.6 Å². The number of benzene rings is 2. The lowest BCUT2D eigenvalue weighted by Crippen LogP contribution is -2.35. The van der Waals surface area contributed by atoms with E-state index in [1.807, 2.05) is 48.5 Å². The maximum absolute atomic E-state index is 12.8. The second kappa shape index (κ2) is 8.13. The van der Waals surface area contributed by atoms with Crippen LogP contribution in [0.3, 0.4) is 0 Å². The van der Waals surface area contributed by atoms with Gasteiger partial charge in [-0.15, -0.1) is 0 Å². The van der Waals surface area contributed by atoms with Crippen LogP contribution in [0.5, 0.6) is 0 Å². The van der Waals surface area contributed by atoms with Gasteiger partial charge in [0.05, 0.1) is 6.26 Å². The first kappa shape index (κ1) is 18.0. The van der Waals surface area contributed by atoms with Crippen LogP contribution < -0.4 is 10.2 Å². The zero-order chi connectivity index (χ0) is 19.3. The summed E-state index contributed by atoms with van der Waals surface area (Å²) in [6, 6.07) is 19.1. The molecule has 3 aromatic rings. The molecule has 0 saturated heterocycles. The van der Waals surface area contributed by atoms with Gasteiger partial charge in [-0.25, -0.2) is 0 Å². The number of aryl methyl sites for hydroxylation is 2. The summed E-state index contributed by atoms with van der Waals surface area (Å²) in [4.78, 5) is 26.8. The lowest BCUT2D eigenvalue weighted by Gasteiger charge is -2.29. The fraction of sp³-hybridized carbons (Fsp3) is 0.217. The SMILES string of the molecule is O=C(CCc1ccccc1)Nc1ccc2c(c1)N(C(=O)c1ccco1)CCC2. The van der Waals surface area contributed by atoms with Crippen molar-refractivity contribution < 1.29 is 14.0 Å². The Morgan fingerprint density at radius 3 is 2.68 bits per heavy atom. The molecule has 0 fully saturated rings. The average Bonchev–Trinajstić information content (AvgIpc) is 3.27. The number of amides is 2. The summed E-state index contributed by atoms with van der Waals surface area (Å²) < 4.78 is 5.27. The molecule has 1 aromatic heterocycles. The number of hydrogen-bond donors (Lipinski definition) is 1. The van der Waals surface area contributed by atoms with E-state index < -0.39 is 0 Å². The Bertz CT molecular complexity index is 965. The van der Waals surface area contributed by atoms with Crippen molar-refractivity contribution in [1.29, 1.82) is 0 Å². The predicted octanol–water partition coefficient (Wildman–Crippen LogP) is 4.44. The predicted molar refractivity (Wildman–Crippen MR) is 109 cm³/mol. The quantitative estimate of drug-likeness (QED) is 0.718. The van der Waals surface area contributed by atoms with Crippen LogP contribution >= 0.6 is 0 Å². The molecule has 5 nitrogen and oxygen atoms in total. The Morgan fingerprint density at radius 1 is 1.04 bits per heavy atom. The van der Waals surface area contributed by atoms with E-state index in [9.17, 15) is 9.59 Å². The zero-order valence-electron chi connectivity index (χ0n) is 15.6. The molecule has 1 aliphatic heterocycles. The minimum atomic E-state index is -0.154. The zero-order valence-corrected chi connectivity index (χ0v) is 15.6. The molecule has 4 rings (SSSR count). The van der Waals surface area contributed by atoms with Crippen LogP contribution in [0.15, 0.2) is 71.3 Å². The van der Waals surface area contributed by atoms with E-state index in [2.05, 4.69) is 5.32 Å².